The second kappa shape index (κ2) is 7.79. The standard InChI is InChI=1S/C16H31N3O/c1-7-16(6,20-10-4)15(17-8-2)12-14-11-13(5)18-19(14)9-3/h11,15,17H,7-10,12H2,1-6H3. The van der Waals surface area contributed by atoms with Crippen molar-refractivity contribution in [3.8, 4) is 0 Å². The molecule has 0 bridgehead atoms. The average molecular weight is 281 g/mol. The van der Waals surface area contributed by atoms with E-state index in [-0.39, 0.29) is 5.60 Å². The van der Waals surface area contributed by atoms with E-state index in [4.69, 9.17) is 4.74 Å². The molecule has 1 N–H and O–H groups in total. The Labute approximate surface area is 123 Å². The maximum absolute atomic E-state index is 6.05. The van der Waals surface area contributed by atoms with E-state index in [1.165, 1.54) is 5.69 Å². The Hall–Kier alpha value is -0.870. The van der Waals surface area contributed by atoms with E-state index in [0.29, 0.717) is 6.04 Å². The molecule has 0 fully saturated rings. The summed E-state index contributed by atoms with van der Waals surface area (Å²) < 4.78 is 8.15. The average Bonchev–Trinajstić information content (AvgIpc) is 2.78. The lowest BCUT2D eigenvalue weighted by atomic mass is 9.89. The van der Waals surface area contributed by atoms with Crippen molar-refractivity contribution in [2.24, 2.45) is 0 Å². The van der Waals surface area contributed by atoms with Gasteiger partial charge in [0, 0.05) is 31.3 Å². The quantitative estimate of drug-likeness (QED) is 0.756. The van der Waals surface area contributed by atoms with Gasteiger partial charge in [-0.15, -0.1) is 0 Å². The second-order valence-corrected chi connectivity index (χ2v) is 5.51. The number of likely N-dealkylation sites (N-methyl/N-ethyl adjacent to an activating group) is 1. The van der Waals surface area contributed by atoms with Crippen molar-refractivity contribution in [2.75, 3.05) is 13.2 Å². The Kier molecular flexibility index (Phi) is 6.69. The van der Waals surface area contributed by atoms with E-state index in [9.17, 15) is 0 Å². The highest BCUT2D eigenvalue weighted by Crippen LogP contribution is 2.23. The van der Waals surface area contributed by atoms with Crippen LogP contribution in [0.4, 0.5) is 0 Å². The van der Waals surface area contributed by atoms with Gasteiger partial charge in [-0.25, -0.2) is 0 Å². The van der Waals surface area contributed by atoms with Gasteiger partial charge in [0.2, 0.25) is 0 Å². The van der Waals surface area contributed by atoms with Gasteiger partial charge in [-0.2, -0.15) is 5.10 Å². The van der Waals surface area contributed by atoms with Crippen LogP contribution in [0.3, 0.4) is 0 Å². The lowest BCUT2D eigenvalue weighted by molar-refractivity contribution is -0.0550. The Bertz CT molecular complexity index is 402. The molecule has 1 rings (SSSR count). The maximum atomic E-state index is 6.05. The summed E-state index contributed by atoms with van der Waals surface area (Å²) in [6.45, 7) is 15.4. The van der Waals surface area contributed by atoms with Gasteiger partial charge >= 0.3 is 0 Å². The van der Waals surface area contributed by atoms with E-state index < -0.39 is 0 Å². The number of rotatable bonds is 9. The molecule has 0 saturated carbocycles. The second-order valence-electron chi connectivity index (χ2n) is 5.51. The first-order chi connectivity index (χ1) is 9.50. The molecule has 1 heterocycles. The molecule has 0 amide bonds. The number of hydrogen-bond acceptors (Lipinski definition) is 3. The van der Waals surface area contributed by atoms with Crippen LogP contribution in [-0.2, 0) is 17.7 Å². The van der Waals surface area contributed by atoms with Crippen LogP contribution in [0.1, 0.15) is 52.4 Å². The predicted molar refractivity (Wildman–Crippen MR) is 84.1 cm³/mol. The van der Waals surface area contributed by atoms with Crippen LogP contribution in [-0.4, -0.2) is 34.6 Å². The number of nitrogens with one attached hydrogen (secondary N) is 1. The summed E-state index contributed by atoms with van der Waals surface area (Å²) in [5.41, 5.74) is 2.24. The summed E-state index contributed by atoms with van der Waals surface area (Å²) in [6, 6.07) is 2.49. The van der Waals surface area contributed by atoms with Gasteiger partial charge < -0.3 is 10.1 Å². The molecule has 0 spiro atoms. The molecule has 0 aliphatic heterocycles. The minimum atomic E-state index is -0.137. The molecule has 2 unspecified atom stereocenters. The fourth-order valence-electron chi connectivity index (χ4n) is 2.78. The Morgan fingerprint density at radius 1 is 1.35 bits per heavy atom. The lowest BCUT2D eigenvalue weighted by Gasteiger charge is -2.37. The summed E-state index contributed by atoms with van der Waals surface area (Å²) in [5.74, 6) is 0. The molecular weight excluding hydrogens is 250 g/mol. The van der Waals surface area contributed by atoms with E-state index in [2.05, 4.69) is 62.7 Å². The molecule has 0 radical (unpaired) electrons. The number of ether oxygens (including phenoxy) is 1. The number of hydrogen-bond donors (Lipinski definition) is 1. The fraction of sp³-hybridized carbons (Fsp3) is 0.812. The van der Waals surface area contributed by atoms with Crippen molar-refractivity contribution in [3.63, 3.8) is 0 Å². The van der Waals surface area contributed by atoms with Crippen molar-refractivity contribution < 1.29 is 4.74 Å². The molecule has 4 nitrogen and oxygen atoms in total. The highest BCUT2D eigenvalue weighted by atomic mass is 16.5. The summed E-state index contributed by atoms with van der Waals surface area (Å²) in [5, 5.41) is 8.15. The SMILES string of the molecule is CCNC(Cc1cc(C)nn1CC)C(C)(CC)OCC. The van der Waals surface area contributed by atoms with Crippen LogP contribution in [0.25, 0.3) is 0 Å². The van der Waals surface area contributed by atoms with Gasteiger partial charge in [0.25, 0.3) is 0 Å². The summed E-state index contributed by atoms with van der Waals surface area (Å²) >= 11 is 0. The molecule has 4 heteroatoms. The van der Waals surface area contributed by atoms with Crippen LogP contribution in [0.5, 0.6) is 0 Å². The van der Waals surface area contributed by atoms with Crippen LogP contribution < -0.4 is 5.32 Å². The molecule has 116 valence electrons. The van der Waals surface area contributed by atoms with Crippen LogP contribution in [0.15, 0.2) is 6.07 Å². The molecule has 1 aromatic heterocycles. The van der Waals surface area contributed by atoms with E-state index in [1.807, 2.05) is 0 Å². The topological polar surface area (TPSA) is 39.1 Å². The zero-order valence-electron chi connectivity index (χ0n) is 14.0. The summed E-state index contributed by atoms with van der Waals surface area (Å²) in [4.78, 5) is 0. The minimum absolute atomic E-state index is 0.137. The zero-order chi connectivity index (χ0) is 15.2. The van der Waals surface area contributed by atoms with E-state index in [0.717, 1.165) is 38.2 Å². The van der Waals surface area contributed by atoms with Crippen molar-refractivity contribution >= 4 is 0 Å². The first-order valence-electron chi connectivity index (χ1n) is 7.91. The van der Waals surface area contributed by atoms with Gasteiger partial charge in [0.1, 0.15) is 0 Å². The summed E-state index contributed by atoms with van der Waals surface area (Å²) in [6.07, 6.45) is 1.95. The van der Waals surface area contributed by atoms with Crippen molar-refractivity contribution in [2.45, 2.75) is 72.6 Å². The van der Waals surface area contributed by atoms with E-state index in [1.54, 1.807) is 0 Å². The number of aromatic nitrogens is 2. The van der Waals surface area contributed by atoms with Crippen LogP contribution in [0, 0.1) is 6.92 Å². The van der Waals surface area contributed by atoms with Gasteiger partial charge in [-0.1, -0.05) is 13.8 Å². The largest absolute Gasteiger partial charge is 0.374 e. The first-order valence-corrected chi connectivity index (χ1v) is 7.91. The van der Waals surface area contributed by atoms with Crippen molar-refractivity contribution in [3.05, 3.63) is 17.5 Å². The number of aryl methyl sites for hydroxylation is 2. The lowest BCUT2D eigenvalue weighted by Crippen LogP contribution is -2.51. The molecule has 0 aliphatic carbocycles. The normalized spacial score (nSPS) is 16.1. The van der Waals surface area contributed by atoms with E-state index >= 15 is 0 Å². The van der Waals surface area contributed by atoms with Crippen molar-refractivity contribution in [1.29, 1.82) is 0 Å². The van der Waals surface area contributed by atoms with Gasteiger partial charge in [0.15, 0.2) is 0 Å². The van der Waals surface area contributed by atoms with Gasteiger partial charge in [0.05, 0.1) is 11.3 Å². The smallest absolute Gasteiger partial charge is 0.0807 e. The predicted octanol–water partition coefficient (Wildman–Crippen LogP) is 2.94. The van der Waals surface area contributed by atoms with Crippen LogP contribution >= 0.6 is 0 Å². The highest BCUT2D eigenvalue weighted by molar-refractivity contribution is 5.12. The Morgan fingerprint density at radius 2 is 2.05 bits per heavy atom. The molecule has 2 atom stereocenters. The molecule has 20 heavy (non-hydrogen) atoms. The third kappa shape index (κ3) is 4.06. The molecular formula is C16H31N3O. The molecule has 0 aromatic carbocycles. The first kappa shape index (κ1) is 17.2. The van der Waals surface area contributed by atoms with Crippen molar-refractivity contribution in [1.82, 2.24) is 15.1 Å². The minimum Gasteiger partial charge on any atom is -0.374 e. The van der Waals surface area contributed by atoms with Gasteiger partial charge in [-0.3, -0.25) is 4.68 Å². The fourth-order valence-corrected chi connectivity index (χ4v) is 2.78. The third-order valence-corrected chi connectivity index (χ3v) is 4.06. The monoisotopic (exact) mass is 281 g/mol. The highest BCUT2D eigenvalue weighted by Gasteiger charge is 2.33. The Balaban J connectivity index is 2.95. The summed E-state index contributed by atoms with van der Waals surface area (Å²) in [7, 11) is 0. The number of nitrogens with zero attached hydrogens (tertiary/aromatic N) is 2. The molecule has 0 saturated heterocycles. The van der Waals surface area contributed by atoms with Crippen LogP contribution in [0.2, 0.25) is 0 Å². The van der Waals surface area contributed by atoms with Gasteiger partial charge in [-0.05, 0) is 46.7 Å². The zero-order valence-corrected chi connectivity index (χ0v) is 14.0. The third-order valence-electron chi connectivity index (χ3n) is 4.06. The molecule has 1 aromatic rings. The molecule has 0 aliphatic rings. The Morgan fingerprint density at radius 3 is 2.55 bits per heavy atom. The maximum Gasteiger partial charge on any atom is 0.0807 e.